The van der Waals surface area contributed by atoms with Gasteiger partial charge in [0.15, 0.2) is 5.82 Å². The van der Waals surface area contributed by atoms with Crippen molar-refractivity contribution < 1.29 is 13.2 Å². The molecule has 8 nitrogen and oxygen atoms in total. The lowest BCUT2D eigenvalue weighted by Gasteiger charge is -2.32. The van der Waals surface area contributed by atoms with Crippen LogP contribution in [0.1, 0.15) is 6.92 Å². The fourth-order valence-electron chi connectivity index (χ4n) is 3.06. The first kappa shape index (κ1) is 16.8. The lowest BCUT2D eigenvalue weighted by molar-refractivity contribution is 0.0530. The largest absolute Gasteiger partial charge is 0.385 e. The highest BCUT2D eigenvalue weighted by molar-refractivity contribution is 7.91. The summed E-state index contributed by atoms with van der Waals surface area (Å²) in [6.45, 7) is 3.73. The van der Waals surface area contributed by atoms with Gasteiger partial charge in [0.25, 0.3) is 5.16 Å². The molecule has 1 aliphatic heterocycles. The maximum Gasteiger partial charge on any atom is 0.254 e. The number of sulfone groups is 1. The summed E-state index contributed by atoms with van der Waals surface area (Å²) in [7, 11) is -3.83. The van der Waals surface area contributed by atoms with Crippen molar-refractivity contribution in [3.8, 4) is 0 Å². The third-order valence-corrected chi connectivity index (χ3v) is 5.85. The number of nitrogens with two attached hydrogens (primary N) is 1. The van der Waals surface area contributed by atoms with Crippen LogP contribution in [0.4, 0.5) is 11.6 Å². The Balaban J connectivity index is 1.89. The highest BCUT2D eigenvalue weighted by atomic mass is 32.2. The number of benzene rings is 1. The average Bonchev–Trinajstić information content (AvgIpc) is 3.01. The molecule has 136 valence electrons. The van der Waals surface area contributed by atoms with Crippen LogP contribution < -0.4 is 10.6 Å². The van der Waals surface area contributed by atoms with Crippen molar-refractivity contribution in [2.45, 2.75) is 23.1 Å². The summed E-state index contributed by atoms with van der Waals surface area (Å²) in [4.78, 5) is 13.8. The highest BCUT2D eigenvalue weighted by Gasteiger charge is 2.27. The fraction of sp³-hybridized carbons (Fsp3) is 0.294. The highest BCUT2D eigenvalue weighted by Crippen LogP contribution is 2.29. The summed E-state index contributed by atoms with van der Waals surface area (Å²) in [5.41, 5.74) is 6.97. The lowest BCUT2D eigenvalue weighted by atomic mass is 10.3. The molecule has 1 atom stereocenters. The van der Waals surface area contributed by atoms with Gasteiger partial charge in [-0.2, -0.15) is 4.98 Å². The topological polar surface area (TPSA) is 114 Å². The maximum atomic E-state index is 13.0. The second-order valence-electron chi connectivity index (χ2n) is 6.26. The van der Waals surface area contributed by atoms with Gasteiger partial charge in [0.05, 0.1) is 23.1 Å². The molecule has 3 aromatic rings. The van der Waals surface area contributed by atoms with Crippen LogP contribution in [0, 0.1) is 0 Å². The molecule has 26 heavy (non-hydrogen) atoms. The molecule has 0 amide bonds. The molecule has 0 aliphatic carbocycles. The monoisotopic (exact) mass is 373 g/mol. The average molecular weight is 373 g/mol. The van der Waals surface area contributed by atoms with Crippen LogP contribution >= 0.6 is 0 Å². The molecule has 4 rings (SSSR count). The van der Waals surface area contributed by atoms with Gasteiger partial charge >= 0.3 is 0 Å². The van der Waals surface area contributed by atoms with Gasteiger partial charge < -0.3 is 20.4 Å². The number of ether oxygens (including phenoxy) is 1. The second kappa shape index (κ2) is 6.26. The van der Waals surface area contributed by atoms with Crippen LogP contribution in [-0.2, 0) is 14.6 Å². The standard InChI is InChI=1S/C17H19N5O3S/c1-11-10-22(7-8-25-11)16-15-13(9-14(18)20-15)19-17(21-16)26(23,24)12-5-3-2-4-6-12/h2-6,9,11,20H,7-8,10,18H2,1H3. The van der Waals surface area contributed by atoms with Gasteiger partial charge in [-0.15, -0.1) is 0 Å². The first-order chi connectivity index (χ1) is 12.4. The van der Waals surface area contributed by atoms with Crippen LogP contribution in [0.5, 0.6) is 0 Å². The quantitative estimate of drug-likeness (QED) is 0.670. The van der Waals surface area contributed by atoms with E-state index in [1.165, 1.54) is 12.1 Å². The van der Waals surface area contributed by atoms with Crippen molar-refractivity contribution in [1.29, 1.82) is 0 Å². The smallest absolute Gasteiger partial charge is 0.254 e. The Labute approximate surface area is 150 Å². The van der Waals surface area contributed by atoms with E-state index in [0.29, 0.717) is 42.4 Å². The van der Waals surface area contributed by atoms with E-state index in [1.54, 1.807) is 24.3 Å². The Hall–Kier alpha value is -2.65. The zero-order valence-corrected chi connectivity index (χ0v) is 15.0. The number of nitrogens with zero attached hydrogens (tertiary/aromatic N) is 3. The van der Waals surface area contributed by atoms with Gasteiger partial charge in [-0.1, -0.05) is 18.2 Å². The molecule has 1 unspecified atom stereocenters. The van der Waals surface area contributed by atoms with E-state index < -0.39 is 9.84 Å². The molecule has 2 aromatic heterocycles. The minimum absolute atomic E-state index is 0.0234. The van der Waals surface area contributed by atoms with Gasteiger partial charge in [-0.3, -0.25) is 0 Å². The summed E-state index contributed by atoms with van der Waals surface area (Å²) in [5, 5.41) is -0.232. The second-order valence-corrected chi connectivity index (χ2v) is 8.10. The maximum absolute atomic E-state index is 13.0. The Morgan fingerprint density at radius 1 is 1.27 bits per heavy atom. The first-order valence-electron chi connectivity index (χ1n) is 8.28. The minimum atomic E-state index is -3.83. The molecule has 1 saturated heterocycles. The Bertz CT molecular complexity index is 1050. The van der Waals surface area contributed by atoms with E-state index >= 15 is 0 Å². The van der Waals surface area contributed by atoms with Gasteiger partial charge in [0, 0.05) is 19.2 Å². The van der Waals surface area contributed by atoms with Crippen molar-refractivity contribution in [2.75, 3.05) is 30.3 Å². The summed E-state index contributed by atoms with van der Waals surface area (Å²) in [5.74, 6) is 0.933. The van der Waals surface area contributed by atoms with Crippen molar-refractivity contribution in [3.05, 3.63) is 36.4 Å². The molecule has 0 radical (unpaired) electrons. The van der Waals surface area contributed by atoms with Gasteiger partial charge in [0.1, 0.15) is 11.3 Å². The number of rotatable bonds is 3. The number of aromatic nitrogens is 3. The molecule has 3 N–H and O–H groups in total. The van der Waals surface area contributed by atoms with Crippen molar-refractivity contribution in [1.82, 2.24) is 15.0 Å². The molecular formula is C17H19N5O3S. The third-order valence-electron chi connectivity index (χ3n) is 4.29. The molecule has 1 fully saturated rings. The summed E-state index contributed by atoms with van der Waals surface area (Å²) < 4.78 is 31.5. The molecule has 0 saturated carbocycles. The van der Waals surface area contributed by atoms with Crippen LogP contribution in [0.2, 0.25) is 0 Å². The SMILES string of the molecule is CC1CN(c2nc(S(=O)(=O)c3ccccc3)nc3cc(N)[nH]c23)CCO1. The summed E-state index contributed by atoms with van der Waals surface area (Å²) >= 11 is 0. The molecule has 9 heteroatoms. The molecule has 0 bridgehead atoms. The van der Waals surface area contributed by atoms with E-state index in [0.717, 1.165) is 0 Å². The Morgan fingerprint density at radius 3 is 2.77 bits per heavy atom. The van der Waals surface area contributed by atoms with E-state index in [4.69, 9.17) is 10.5 Å². The van der Waals surface area contributed by atoms with Crippen LogP contribution in [0.3, 0.4) is 0 Å². The van der Waals surface area contributed by atoms with Crippen molar-refractivity contribution >= 4 is 32.5 Å². The number of anilines is 2. The molecule has 0 spiro atoms. The number of hydrogen-bond donors (Lipinski definition) is 2. The molecular weight excluding hydrogens is 354 g/mol. The van der Waals surface area contributed by atoms with Gasteiger partial charge in [-0.05, 0) is 19.1 Å². The summed E-state index contributed by atoms with van der Waals surface area (Å²) in [6, 6.07) is 9.79. The molecule has 1 aromatic carbocycles. The van der Waals surface area contributed by atoms with E-state index in [1.807, 2.05) is 11.8 Å². The van der Waals surface area contributed by atoms with Crippen molar-refractivity contribution in [3.63, 3.8) is 0 Å². The number of H-pyrrole nitrogens is 1. The zero-order valence-electron chi connectivity index (χ0n) is 14.2. The van der Waals surface area contributed by atoms with Gasteiger partial charge in [0.2, 0.25) is 9.84 Å². The number of aromatic amines is 1. The Kier molecular flexibility index (Phi) is 4.04. The normalized spacial score (nSPS) is 18.3. The minimum Gasteiger partial charge on any atom is -0.385 e. The van der Waals surface area contributed by atoms with E-state index in [9.17, 15) is 8.42 Å². The number of fused-ring (bicyclic) bond motifs is 1. The number of nitrogens with one attached hydrogen (secondary N) is 1. The predicted molar refractivity (Wildman–Crippen MR) is 97.8 cm³/mol. The van der Waals surface area contributed by atoms with Gasteiger partial charge in [-0.25, -0.2) is 13.4 Å². The van der Waals surface area contributed by atoms with Crippen LogP contribution in [0.15, 0.2) is 46.5 Å². The third kappa shape index (κ3) is 2.89. The lowest BCUT2D eigenvalue weighted by Crippen LogP contribution is -2.41. The molecule has 3 heterocycles. The van der Waals surface area contributed by atoms with Crippen LogP contribution in [0.25, 0.3) is 11.0 Å². The summed E-state index contributed by atoms with van der Waals surface area (Å²) in [6.07, 6.45) is 0.0234. The molecule has 1 aliphatic rings. The van der Waals surface area contributed by atoms with E-state index in [-0.39, 0.29) is 16.2 Å². The Morgan fingerprint density at radius 2 is 2.04 bits per heavy atom. The fourth-order valence-corrected chi connectivity index (χ4v) is 4.21. The van der Waals surface area contributed by atoms with Crippen molar-refractivity contribution in [2.24, 2.45) is 0 Å². The number of nitrogen functional groups attached to an aromatic ring is 1. The zero-order chi connectivity index (χ0) is 18.3. The van der Waals surface area contributed by atoms with E-state index in [2.05, 4.69) is 15.0 Å². The van der Waals surface area contributed by atoms with Crippen LogP contribution in [-0.4, -0.2) is 49.2 Å². The number of morpholine rings is 1. The first-order valence-corrected chi connectivity index (χ1v) is 9.76. The number of hydrogen-bond acceptors (Lipinski definition) is 7. The predicted octanol–water partition coefficient (Wildman–Crippen LogP) is 1.60.